The van der Waals surface area contributed by atoms with Crippen molar-refractivity contribution in [2.75, 3.05) is 5.32 Å². The standard InChI is InChI=1S/C15H12BrN7O2/c1-22-13-11(12(16)21-22)14(25)23(7-17-13)6-10(24)20-15-18-8-4-2-3-5-9(8)19-15/h2-5,7H,6H2,1H3,(H2,18,19,20,24). The maximum atomic E-state index is 12.5. The van der Waals surface area contributed by atoms with E-state index in [4.69, 9.17) is 0 Å². The lowest BCUT2D eigenvalue weighted by molar-refractivity contribution is -0.116. The fraction of sp³-hybridized carbons (Fsp3) is 0.133. The van der Waals surface area contributed by atoms with Crippen LogP contribution >= 0.6 is 15.9 Å². The molecule has 9 nitrogen and oxygen atoms in total. The Hall–Kier alpha value is -3.01. The highest BCUT2D eigenvalue weighted by Gasteiger charge is 2.15. The number of rotatable bonds is 3. The van der Waals surface area contributed by atoms with Gasteiger partial charge in [0.25, 0.3) is 5.56 Å². The van der Waals surface area contributed by atoms with Crippen LogP contribution in [0.3, 0.4) is 0 Å². The Labute approximate surface area is 148 Å². The number of amides is 1. The Kier molecular flexibility index (Phi) is 3.61. The Balaban J connectivity index is 1.60. The van der Waals surface area contributed by atoms with Crippen LogP contribution in [0.4, 0.5) is 5.95 Å². The zero-order valence-corrected chi connectivity index (χ0v) is 14.6. The van der Waals surface area contributed by atoms with Crippen LogP contribution in [0.5, 0.6) is 0 Å². The number of aromatic nitrogens is 6. The summed E-state index contributed by atoms with van der Waals surface area (Å²) in [5.74, 6) is -0.0573. The SMILES string of the molecule is Cn1nc(Br)c2c(=O)n(CC(=O)Nc3nc4ccccc4[nH]3)cnc21. The van der Waals surface area contributed by atoms with E-state index in [1.54, 1.807) is 7.05 Å². The predicted octanol–water partition coefficient (Wildman–Crippen LogP) is 1.41. The number of carbonyl (C=O) groups excluding carboxylic acids is 1. The number of para-hydroxylation sites is 2. The molecule has 1 aromatic carbocycles. The molecule has 0 spiro atoms. The van der Waals surface area contributed by atoms with E-state index in [1.807, 2.05) is 24.3 Å². The van der Waals surface area contributed by atoms with Crippen molar-refractivity contribution in [2.24, 2.45) is 7.05 Å². The zero-order valence-electron chi connectivity index (χ0n) is 13.0. The second-order valence-corrected chi connectivity index (χ2v) is 6.19. The maximum Gasteiger partial charge on any atom is 0.266 e. The molecule has 4 aromatic rings. The number of imidazole rings is 1. The minimum Gasteiger partial charge on any atom is -0.324 e. The highest BCUT2D eigenvalue weighted by Crippen LogP contribution is 2.17. The molecule has 126 valence electrons. The molecule has 0 aliphatic heterocycles. The second-order valence-electron chi connectivity index (χ2n) is 5.44. The number of nitrogens with one attached hydrogen (secondary N) is 2. The number of carbonyl (C=O) groups is 1. The molecule has 2 N–H and O–H groups in total. The molecule has 0 saturated heterocycles. The van der Waals surface area contributed by atoms with Crippen molar-refractivity contribution in [3.05, 3.63) is 45.5 Å². The van der Waals surface area contributed by atoms with Crippen LogP contribution in [0.15, 0.2) is 40.0 Å². The van der Waals surface area contributed by atoms with Gasteiger partial charge in [0.15, 0.2) is 5.65 Å². The van der Waals surface area contributed by atoms with Gasteiger partial charge in [-0.2, -0.15) is 5.10 Å². The summed E-state index contributed by atoms with van der Waals surface area (Å²) < 4.78 is 3.13. The molecule has 1 amide bonds. The third-order valence-corrected chi connectivity index (χ3v) is 4.28. The van der Waals surface area contributed by atoms with Crippen molar-refractivity contribution in [3.8, 4) is 0 Å². The van der Waals surface area contributed by atoms with Gasteiger partial charge in [-0.1, -0.05) is 12.1 Å². The van der Waals surface area contributed by atoms with Gasteiger partial charge in [-0.05, 0) is 28.1 Å². The average molecular weight is 402 g/mol. The lowest BCUT2D eigenvalue weighted by Gasteiger charge is -2.05. The summed E-state index contributed by atoms with van der Waals surface area (Å²) in [7, 11) is 1.69. The first kappa shape index (κ1) is 15.5. The van der Waals surface area contributed by atoms with Gasteiger partial charge in [-0.3, -0.25) is 19.5 Å². The van der Waals surface area contributed by atoms with Crippen LogP contribution in [0, 0.1) is 0 Å². The third kappa shape index (κ3) is 2.70. The van der Waals surface area contributed by atoms with E-state index < -0.39 is 0 Å². The van der Waals surface area contributed by atoms with Crippen LogP contribution in [0.25, 0.3) is 22.1 Å². The highest BCUT2D eigenvalue weighted by atomic mass is 79.9. The fourth-order valence-electron chi connectivity index (χ4n) is 2.59. The quantitative estimate of drug-likeness (QED) is 0.539. The topological polar surface area (TPSA) is 110 Å². The monoisotopic (exact) mass is 401 g/mol. The molecule has 3 heterocycles. The van der Waals surface area contributed by atoms with Gasteiger partial charge in [-0.15, -0.1) is 0 Å². The van der Waals surface area contributed by atoms with Crippen molar-refractivity contribution in [3.63, 3.8) is 0 Å². The van der Waals surface area contributed by atoms with Gasteiger partial charge >= 0.3 is 0 Å². The zero-order chi connectivity index (χ0) is 17.6. The number of halogens is 1. The Morgan fingerprint density at radius 3 is 2.96 bits per heavy atom. The van der Waals surface area contributed by atoms with E-state index in [9.17, 15) is 9.59 Å². The molecule has 0 radical (unpaired) electrons. The molecular formula is C15H12BrN7O2. The molecule has 0 fully saturated rings. The number of aryl methyl sites for hydroxylation is 1. The lowest BCUT2D eigenvalue weighted by Crippen LogP contribution is -2.28. The van der Waals surface area contributed by atoms with Crippen LogP contribution in [0.2, 0.25) is 0 Å². The van der Waals surface area contributed by atoms with Crippen molar-refractivity contribution >= 4 is 49.9 Å². The summed E-state index contributed by atoms with van der Waals surface area (Å²) in [5, 5.41) is 7.09. The average Bonchev–Trinajstić information content (AvgIpc) is 3.10. The molecule has 3 aromatic heterocycles. The first-order valence-corrected chi connectivity index (χ1v) is 8.14. The summed E-state index contributed by atoms with van der Waals surface area (Å²) in [6.45, 7) is -0.180. The Morgan fingerprint density at radius 1 is 1.36 bits per heavy atom. The second kappa shape index (κ2) is 5.81. The molecule has 25 heavy (non-hydrogen) atoms. The Morgan fingerprint density at radius 2 is 2.16 bits per heavy atom. The number of H-pyrrole nitrogens is 1. The summed E-state index contributed by atoms with van der Waals surface area (Å²) in [4.78, 5) is 36.2. The predicted molar refractivity (Wildman–Crippen MR) is 95.2 cm³/mol. The smallest absolute Gasteiger partial charge is 0.266 e. The number of benzene rings is 1. The van der Waals surface area contributed by atoms with Gasteiger partial charge in [0.05, 0.1) is 11.0 Å². The van der Waals surface area contributed by atoms with E-state index in [-0.39, 0.29) is 18.0 Å². The van der Waals surface area contributed by atoms with Crippen LogP contribution in [0.1, 0.15) is 0 Å². The van der Waals surface area contributed by atoms with Gasteiger partial charge < -0.3 is 4.98 Å². The number of nitrogens with zero attached hydrogens (tertiary/aromatic N) is 5. The highest BCUT2D eigenvalue weighted by molar-refractivity contribution is 9.10. The first-order chi connectivity index (χ1) is 12.0. The van der Waals surface area contributed by atoms with Crippen LogP contribution in [-0.2, 0) is 18.4 Å². The van der Waals surface area contributed by atoms with E-state index in [0.29, 0.717) is 21.6 Å². The lowest BCUT2D eigenvalue weighted by atomic mass is 10.3. The molecule has 0 bridgehead atoms. The number of aromatic amines is 1. The fourth-order valence-corrected chi connectivity index (χ4v) is 3.17. The van der Waals surface area contributed by atoms with Crippen LogP contribution in [-0.4, -0.2) is 35.2 Å². The summed E-state index contributed by atoms with van der Waals surface area (Å²) >= 11 is 3.24. The minimum absolute atomic E-state index is 0.180. The van der Waals surface area contributed by atoms with Crippen LogP contribution < -0.4 is 10.9 Å². The molecule has 0 unspecified atom stereocenters. The van der Waals surface area contributed by atoms with Gasteiger partial charge in [0.1, 0.15) is 22.9 Å². The molecule has 0 aliphatic carbocycles. The molecule has 0 aliphatic rings. The molecule has 0 saturated carbocycles. The molecule has 4 rings (SSSR count). The number of hydrogen-bond donors (Lipinski definition) is 2. The van der Waals surface area contributed by atoms with E-state index >= 15 is 0 Å². The molecule has 10 heteroatoms. The maximum absolute atomic E-state index is 12.5. The van der Waals surface area contributed by atoms with Crippen molar-refractivity contribution in [1.29, 1.82) is 0 Å². The van der Waals surface area contributed by atoms with E-state index in [2.05, 4.69) is 41.3 Å². The normalized spacial score (nSPS) is 11.3. The van der Waals surface area contributed by atoms with Crippen molar-refractivity contribution in [2.45, 2.75) is 6.54 Å². The van der Waals surface area contributed by atoms with E-state index in [1.165, 1.54) is 15.6 Å². The summed E-state index contributed by atoms with van der Waals surface area (Å²) in [6.07, 6.45) is 1.33. The number of hydrogen-bond acceptors (Lipinski definition) is 5. The molecule has 0 atom stereocenters. The molecular weight excluding hydrogens is 390 g/mol. The summed E-state index contributed by atoms with van der Waals surface area (Å²) in [5.41, 5.74) is 1.67. The Bertz CT molecular complexity index is 1140. The minimum atomic E-state index is -0.387. The van der Waals surface area contributed by atoms with Gasteiger partial charge in [0.2, 0.25) is 11.9 Å². The number of anilines is 1. The van der Waals surface area contributed by atoms with Gasteiger partial charge in [-0.25, -0.2) is 14.6 Å². The first-order valence-electron chi connectivity index (χ1n) is 7.35. The summed E-state index contributed by atoms with van der Waals surface area (Å²) in [6, 6.07) is 7.43. The number of fused-ring (bicyclic) bond motifs is 2. The van der Waals surface area contributed by atoms with Crippen molar-refractivity contribution in [1.82, 2.24) is 29.3 Å². The largest absolute Gasteiger partial charge is 0.324 e. The third-order valence-electron chi connectivity index (χ3n) is 3.73. The van der Waals surface area contributed by atoms with Gasteiger partial charge in [0, 0.05) is 7.05 Å². The van der Waals surface area contributed by atoms with E-state index in [0.717, 1.165) is 11.0 Å². The van der Waals surface area contributed by atoms with Crippen molar-refractivity contribution < 1.29 is 4.79 Å².